The van der Waals surface area contributed by atoms with E-state index in [0.717, 1.165) is 0 Å². The molecular weight excluding hydrogens is 186 g/mol. The molecule has 0 saturated carbocycles. The molecule has 1 aromatic rings. The van der Waals surface area contributed by atoms with E-state index in [-0.39, 0.29) is 16.9 Å². The molecule has 76 valence electrons. The molecule has 0 aromatic carbocycles. The molecule has 0 bridgehead atoms. The van der Waals surface area contributed by atoms with E-state index in [1.165, 1.54) is 23.9 Å². The van der Waals surface area contributed by atoms with Crippen molar-refractivity contribution in [3.05, 3.63) is 28.2 Å². The minimum atomic E-state index is -1.08. The Bertz CT molecular complexity index is 380. The van der Waals surface area contributed by atoms with E-state index in [4.69, 9.17) is 9.84 Å². The van der Waals surface area contributed by atoms with E-state index in [1.807, 2.05) is 0 Å². The van der Waals surface area contributed by atoms with Crippen LogP contribution in [0, 0.1) is 0 Å². The van der Waals surface area contributed by atoms with Gasteiger partial charge in [-0.3, -0.25) is 4.79 Å². The molecule has 1 heterocycles. The molecule has 5 heteroatoms. The van der Waals surface area contributed by atoms with Crippen molar-refractivity contribution in [3.63, 3.8) is 0 Å². The Balaban J connectivity index is 3.39. The molecule has 5 nitrogen and oxygen atoms in total. The van der Waals surface area contributed by atoms with Crippen LogP contribution in [-0.4, -0.2) is 22.8 Å². The Labute approximate surface area is 80.6 Å². The number of rotatable bonds is 3. The fourth-order valence-corrected chi connectivity index (χ4v) is 1.11. The van der Waals surface area contributed by atoms with Crippen molar-refractivity contribution in [1.29, 1.82) is 0 Å². The fourth-order valence-electron chi connectivity index (χ4n) is 1.11. The Morgan fingerprint density at radius 1 is 1.64 bits per heavy atom. The smallest absolute Gasteiger partial charge is 0.337 e. The topological polar surface area (TPSA) is 68.5 Å². The minimum Gasteiger partial charge on any atom is -0.491 e. The average molecular weight is 197 g/mol. The second-order valence-electron chi connectivity index (χ2n) is 2.69. The fraction of sp³-hybridized carbons (Fsp3) is 0.333. The van der Waals surface area contributed by atoms with Crippen molar-refractivity contribution in [2.45, 2.75) is 13.5 Å². The lowest BCUT2D eigenvalue weighted by Gasteiger charge is -2.06. The average Bonchev–Trinajstić information content (AvgIpc) is 2.17. The summed E-state index contributed by atoms with van der Waals surface area (Å²) in [5, 5.41) is 8.74. The summed E-state index contributed by atoms with van der Waals surface area (Å²) in [7, 11) is 1.34. The van der Waals surface area contributed by atoms with E-state index in [2.05, 4.69) is 0 Å². The van der Waals surface area contributed by atoms with Gasteiger partial charge in [-0.2, -0.15) is 0 Å². The van der Waals surface area contributed by atoms with E-state index in [0.29, 0.717) is 6.54 Å². The molecule has 0 aliphatic rings. The predicted molar refractivity (Wildman–Crippen MR) is 49.9 cm³/mol. The minimum absolute atomic E-state index is 0.0447. The van der Waals surface area contributed by atoms with Crippen molar-refractivity contribution < 1.29 is 14.6 Å². The summed E-state index contributed by atoms with van der Waals surface area (Å²) in [6.07, 6.45) is 1.30. The van der Waals surface area contributed by atoms with Crippen LogP contribution in [-0.2, 0) is 6.54 Å². The summed E-state index contributed by atoms with van der Waals surface area (Å²) >= 11 is 0. The zero-order valence-electron chi connectivity index (χ0n) is 7.98. The van der Waals surface area contributed by atoms with Crippen LogP contribution in [0.4, 0.5) is 0 Å². The Morgan fingerprint density at radius 3 is 2.71 bits per heavy atom. The van der Waals surface area contributed by atoms with Crippen molar-refractivity contribution in [3.8, 4) is 5.75 Å². The van der Waals surface area contributed by atoms with Gasteiger partial charge in [-0.25, -0.2) is 4.79 Å². The van der Waals surface area contributed by atoms with Crippen LogP contribution in [0.3, 0.4) is 0 Å². The number of aromatic nitrogens is 1. The van der Waals surface area contributed by atoms with Gasteiger partial charge in [-0.1, -0.05) is 0 Å². The Hall–Kier alpha value is -1.78. The second-order valence-corrected chi connectivity index (χ2v) is 2.69. The van der Waals surface area contributed by atoms with E-state index in [9.17, 15) is 9.59 Å². The first-order valence-corrected chi connectivity index (χ1v) is 4.12. The van der Waals surface area contributed by atoms with Crippen LogP contribution < -0.4 is 10.3 Å². The van der Waals surface area contributed by atoms with Crippen LogP contribution in [0.1, 0.15) is 17.3 Å². The predicted octanol–water partition coefficient (Wildman–Crippen LogP) is 0.575. The lowest BCUT2D eigenvalue weighted by Crippen LogP contribution is -2.21. The maximum atomic E-state index is 11.5. The number of carboxylic acids is 1. The highest BCUT2D eigenvalue weighted by Crippen LogP contribution is 2.07. The summed E-state index contributed by atoms with van der Waals surface area (Å²) < 4.78 is 6.08. The standard InChI is InChI=1S/C9H11NO4/c1-3-10-5-6(9(12)13)4-7(14-2)8(10)11/h4-5H,3H2,1-2H3,(H,12,13). The van der Waals surface area contributed by atoms with Crippen LogP contribution in [0.25, 0.3) is 0 Å². The van der Waals surface area contributed by atoms with Crippen LogP contribution in [0.15, 0.2) is 17.1 Å². The van der Waals surface area contributed by atoms with Gasteiger partial charge >= 0.3 is 5.97 Å². The van der Waals surface area contributed by atoms with Gasteiger partial charge < -0.3 is 14.4 Å². The number of carboxylic acid groups (broad SMARTS) is 1. The zero-order chi connectivity index (χ0) is 10.7. The number of methoxy groups -OCH3 is 1. The third kappa shape index (κ3) is 1.76. The molecule has 0 spiro atoms. The van der Waals surface area contributed by atoms with Gasteiger partial charge in [0, 0.05) is 18.8 Å². The number of ether oxygens (including phenoxy) is 1. The maximum absolute atomic E-state index is 11.5. The lowest BCUT2D eigenvalue weighted by molar-refractivity contribution is 0.0695. The molecule has 0 aliphatic heterocycles. The van der Waals surface area contributed by atoms with E-state index < -0.39 is 5.97 Å². The maximum Gasteiger partial charge on any atom is 0.337 e. The zero-order valence-corrected chi connectivity index (χ0v) is 7.98. The molecule has 1 aromatic heterocycles. The second kappa shape index (κ2) is 3.95. The van der Waals surface area contributed by atoms with Crippen molar-refractivity contribution in [1.82, 2.24) is 4.57 Å². The highest BCUT2D eigenvalue weighted by atomic mass is 16.5. The molecule has 0 saturated heterocycles. The molecule has 0 aliphatic carbocycles. The number of hydrogen-bond donors (Lipinski definition) is 1. The number of pyridine rings is 1. The number of nitrogens with zero attached hydrogens (tertiary/aromatic N) is 1. The van der Waals surface area contributed by atoms with Crippen LogP contribution in [0.2, 0.25) is 0 Å². The number of aryl methyl sites for hydroxylation is 1. The lowest BCUT2D eigenvalue weighted by atomic mass is 10.2. The molecule has 0 atom stereocenters. The molecular formula is C9H11NO4. The normalized spacial score (nSPS) is 9.86. The monoisotopic (exact) mass is 197 g/mol. The third-order valence-corrected chi connectivity index (χ3v) is 1.86. The first-order chi connectivity index (χ1) is 6.60. The third-order valence-electron chi connectivity index (χ3n) is 1.86. The number of carbonyl (C=O) groups is 1. The van der Waals surface area contributed by atoms with E-state index >= 15 is 0 Å². The Morgan fingerprint density at radius 2 is 2.29 bits per heavy atom. The van der Waals surface area contributed by atoms with Crippen molar-refractivity contribution in [2.24, 2.45) is 0 Å². The largest absolute Gasteiger partial charge is 0.491 e. The van der Waals surface area contributed by atoms with E-state index in [1.54, 1.807) is 6.92 Å². The number of hydrogen-bond acceptors (Lipinski definition) is 3. The molecule has 0 amide bonds. The summed E-state index contributed by atoms with van der Waals surface area (Å²) in [6.45, 7) is 2.17. The molecule has 14 heavy (non-hydrogen) atoms. The van der Waals surface area contributed by atoms with Gasteiger partial charge in [0.15, 0.2) is 5.75 Å². The van der Waals surface area contributed by atoms with Gasteiger partial charge in [-0.05, 0) is 6.92 Å². The SMILES string of the molecule is CCn1cc(C(=O)O)cc(OC)c1=O. The van der Waals surface area contributed by atoms with Gasteiger partial charge in [0.2, 0.25) is 0 Å². The molecule has 0 fully saturated rings. The highest BCUT2D eigenvalue weighted by Gasteiger charge is 2.10. The van der Waals surface area contributed by atoms with Gasteiger partial charge in [0.05, 0.1) is 12.7 Å². The summed E-state index contributed by atoms with van der Waals surface area (Å²) in [5.41, 5.74) is -0.275. The quantitative estimate of drug-likeness (QED) is 0.769. The molecule has 0 radical (unpaired) electrons. The van der Waals surface area contributed by atoms with Gasteiger partial charge in [0.25, 0.3) is 5.56 Å². The van der Waals surface area contributed by atoms with Gasteiger partial charge in [0.1, 0.15) is 0 Å². The Kier molecular flexibility index (Phi) is 2.91. The molecule has 0 unspecified atom stereocenters. The summed E-state index contributed by atoms with van der Waals surface area (Å²) in [6, 6.07) is 1.22. The first kappa shape index (κ1) is 10.3. The number of aromatic carboxylic acids is 1. The van der Waals surface area contributed by atoms with Gasteiger partial charge in [-0.15, -0.1) is 0 Å². The van der Waals surface area contributed by atoms with Crippen molar-refractivity contribution in [2.75, 3.05) is 7.11 Å². The summed E-state index contributed by atoms with van der Waals surface area (Å²) in [4.78, 5) is 22.1. The molecule has 1 N–H and O–H groups in total. The van der Waals surface area contributed by atoms with Crippen LogP contribution in [0.5, 0.6) is 5.75 Å². The first-order valence-electron chi connectivity index (χ1n) is 4.12. The van der Waals surface area contributed by atoms with Crippen molar-refractivity contribution >= 4 is 5.97 Å². The summed E-state index contributed by atoms with van der Waals surface area (Å²) in [5.74, 6) is -1.03. The highest BCUT2D eigenvalue weighted by molar-refractivity contribution is 5.87. The molecule has 1 rings (SSSR count). The van der Waals surface area contributed by atoms with Crippen LogP contribution >= 0.6 is 0 Å².